The Hall–Kier alpha value is 0.347. The minimum atomic E-state index is -2.49. The molecule has 6 heteroatoms. The molecule has 0 aromatic rings. The molecule has 0 fully saturated rings. The third-order valence-electron chi connectivity index (χ3n) is 2.21. The lowest BCUT2D eigenvalue weighted by atomic mass is 10.6. The maximum absolute atomic E-state index is 5.92. The van der Waals surface area contributed by atoms with Crippen LogP contribution in [0.4, 0.5) is 0 Å². The number of halogens is 1. The van der Waals surface area contributed by atoms with E-state index < -0.39 is 8.80 Å². The van der Waals surface area contributed by atoms with Crippen LogP contribution in [-0.2, 0) is 13.3 Å². The van der Waals surface area contributed by atoms with E-state index in [2.05, 4.69) is 4.90 Å². The molecular formula is C11H26ClNO3Si. The van der Waals surface area contributed by atoms with Gasteiger partial charge >= 0.3 is 8.80 Å². The minimum Gasteiger partial charge on any atom is -0.374 e. The molecule has 0 amide bonds. The minimum absolute atomic E-state index is 0.617. The van der Waals surface area contributed by atoms with Crippen LogP contribution in [0.3, 0.4) is 0 Å². The molecule has 0 aromatic heterocycles. The largest absolute Gasteiger partial charge is 0.501 e. The van der Waals surface area contributed by atoms with Gasteiger partial charge < -0.3 is 18.2 Å². The van der Waals surface area contributed by atoms with E-state index in [1.807, 2.05) is 27.9 Å². The van der Waals surface area contributed by atoms with Crippen molar-refractivity contribution < 1.29 is 13.3 Å². The number of rotatable bonds is 11. The molecule has 0 aliphatic carbocycles. The van der Waals surface area contributed by atoms with Gasteiger partial charge in [-0.25, -0.2) is 0 Å². The molecule has 0 N–H and O–H groups in total. The van der Waals surface area contributed by atoms with Crippen molar-refractivity contribution in [2.75, 3.05) is 46.3 Å². The fourth-order valence-electron chi connectivity index (χ4n) is 1.45. The second kappa shape index (κ2) is 10.3. The molecule has 104 valence electrons. The Balaban J connectivity index is 4.30. The van der Waals surface area contributed by atoms with Crippen molar-refractivity contribution in [3.63, 3.8) is 0 Å². The SMILES string of the molecule is CCO[Si](CCCCl)(OCC)OCCN(C)C. The number of hydrogen-bond donors (Lipinski definition) is 0. The Morgan fingerprint density at radius 1 is 1.06 bits per heavy atom. The van der Waals surface area contributed by atoms with Gasteiger partial charge in [0, 0.05) is 31.7 Å². The van der Waals surface area contributed by atoms with E-state index in [1.165, 1.54) is 0 Å². The zero-order chi connectivity index (χ0) is 13.1. The second-order valence-electron chi connectivity index (χ2n) is 3.99. The fraction of sp³-hybridized carbons (Fsp3) is 1.00. The summed E-state index contributed by atoms with van der Waals surface area (Å²) >= 11 is 5.74. The number of likely N-dealkylation sites (N-methyl/N-ethyl adjacent to an activating group) is 1. The topological polar surface area (TPSA) is 30.9 Å². The quantitative estimate of drug-likeness (QED) is 0.430. The molecule has 4 nitrogen and oxygen atoms in total. The molecule has 0 atom stereocenters. The van der Waals surface area contributed by atoms with Crippen molar-refractivity contribution >= 4 is 20.4 Å². The fourth-order valence-corrected chi connectivity index (χ4v) is 4.38. The smallest absolute Gasteiger partial charge is 0.374 e. The summed E-state index contributed by atoms with van der Waals surface area (Å²) in [6.45, 7) is 6.69. The van der Waals surface area contributed by atoms with Crippen molar-refractivity contribution in [3.8, 4) is 0 Å². The first-order valence-corrected chi connectivity index (χ1v) is 8.69. The Kier molecular flexibility index (Phi) is 10.5. The van der Waals surface area contributed by atoms with Gasteiger partial charge in [-0.15, -0.1) is 11.6 Å². The lowest BCUT2D eigenvalue weighted by Gasteiger charge is -2.29. The van der Waals surface area contributed by atoms with E-state index in [4.69, 9.17) is 24.9 Å². The van der Waals surface area contributed by atoms with Crippen LogP contribution in [0.2, 0.25) is 6.04 Å². The lowest BCUT2D eigenvalue weighted by molar-refractivity contribution is 0.0622. The summed E-state index contributed by atoms with van der Waals surface area (Å²) < 4.78 is 17.5. The van der Waals surface area contributed by atoms with Gasteiger partial charge in [0.1, 0.15) is 0 Å². The third kappa shape index (κ3) is 8.13. The maximum atomic E-state index is 5.92. The van der Waals surface area contributed by atoms with Gasteiger partial charge in [0.05, 0.1) is 6.61 Å². The van der Waals surface area contributed by atoms with Crippen molar-refractivity contribution in [2.45, 2.75) is 26.3 Å². The zero-order valence-corrected chi connectivity index (χ0v) is 13.3. The van der Waals surface area contributed by atoms with Crippen LogP contribution < -0.4 is 0 Å². The molecule has 0 aromatic carbocycles. The highest BCUT2D eigenvalue weighted by Gasteiger charge is 2.39. The molecule has 0 heterocycles. The number of hydrogen-bond acceptors (Lipinski definition) is 4. The van der Waals surface area contributed by atoms with Gasteiger partial charge in [-0.3, -0.25) is 0 Å². The molecule has 0 rings (SSSR count). The summed E-state index contributed by atoms with van der Waals surface area (Å²) in [5.74, 6) is 0.617. The van der Waals surface area contributed by atoms with Gasteiger partial charge in [0.2, 0.25) is 0 Å². The predicted octanol–water partition coefficient (Wildman–Crippen LogP) is 2.21. The van der Waals surface area contributed by atoms with E-state index in [0.717, 1.165) is 19.0 Å². The Labute approximate surface area is 112 Å². The summed E-state index contributed by atoms with van der Waals surface area (Å²) in [4.78, 5) is 2.08. The van der Waals surface area contributed by atoms with Crippen molar-refractivity contribution in [3.05, 3.63) is 0 Å². The van der Waals surface area contributed by atoms with Crippen LogP contribution >= 0.6 is 11.6 Å². The monoisotopic (exact) mass is 283 g/mol. The Bertz CT molecular complexity index is 178. The first-order chi connectivity index (χ1) is 8.10. The van der Waals surface area contributed by atoms with Crippen molar-refractivity contribution in [1.82, 2.24) is 4.90 Å². The van der Waals surface area contributed by atoms with E-state index >= 15 is 0 Å². The molecule has 0 radical (unpaired) electrons. The Morgan fingerprint density at radius 2 is 1.65 bits per heavy atom. The molecule has 0 unspecified atom stereocenters. The molecule has 0 saturated heterocycles. The average molecular weight is 284 g/mol. The van der Waals surface area contributed by atoms with Gasteiger partial charge in [-0.05, 0) is 34.4 Å². The van der Waals surface area contributed by atoms with Crippen LogP contribution in [0.15, 0.2) is 0 Å². The van der Waals surface area contributed by atoms with E-state index in [0.29, 0.717) is 25.7 Å². The summed E-state index contributed by atoms with van der Waals surface area (Å²) in [6.07, 6.45) is 0.871. The standard InChI is InChI=1S/C11H26ClNO3Si/c1-5-14-17(15-6-2,11-7-8-12)16-10-9-13(3)4/h5-11H2,1-4H3. The summed E-state index contributed by atoms with van der Waals surface area (Å²) in [5, 5.41) is 0. The van der Waals surface area contributed by atoms with Crippen molar-refractivity contribution in [1.29, 1.82) is 0 Å². The van der Waals surface area contributed by atoms with Crippen LogP contribution in [0.5, 0.6) is 0 Å². The maximum Gasteiger partial charge on any atom is 0.501 e. The zero-order valence-electron chi connectivity index (χ0n) is 11.5. The third-order valence-corrected chi connectivity index (χ3v) is 5.54. The average Bonchev–Trinajstić information content (AvgIpc) is 2.26. The van der Waals surface area contributed by atoms with E-state index in [1.54, 1.807) is 0 Å². The van der Waals surface area contributed by atoms with Crippen LogP contribution in [0, 0.1) is 0 Å². The molecule has 0 bridgehead atoms. The predicted molar refractivity (Wildman–Crippen MR) is 73.7 cm³/mol. The number of nitrogens with zero attached hydrogens (tertiary/aromatic N) is 1. The lowest BCUT2D eigenvalue weighted by Crippen LogP contribution is -2.47. The van der Waals surface area contributed by atoms with Crippen LogP contribution in [-0.4, -0.2) is 60.0 Å². The summed E-state index contributed by atoms with van der Waals surface area (Å²) in [7, 11) is 1.55. The van der Waals surface area contributed by atoms with E-state index in [9.17, 15) is 0 Å². The second-order valence-corrected chi connectivity index (χ2v) is 7.10. The number of alkyl halides is 1. The molecular weight excluding hydrogens is 258 g/mol. The summed E-state index contributed by atoms with van der Waals surface area (Å²) in [6, 6.07) is 0.797. The van der Waals surface area contributed by atoms with E-state index in [-0.39, 0.29) is 0 Å². The van der Waals surface area contributed by atoms with Crippen LogP contribution in [0.1, 0.15) is 20.3 Å². The van der Waals surface area contributed by atoms with Gasteiger partial charge in [-0.2, -0.15) is 0 Å². The highest BCUT2D eigenvalue weighted by molar-refractivity contribution is 6.60. The highest BCUT2D eigenvalue weighted by atomic mass is 35.5. The van der Waals surface area contributed by atoms with Gasteiger partial charge in [-0.1, -0.05) is 0 Å². The van der Waals surface area contributed by atoms with Gasteiger partial charge in [0.25, 0.3) is 0 Å². The Morgan fingerprint density at radius 3 is 2.06 bits per heavy atom. The summed E-state index contributed by atoms with van der Waals surface area (Å²) in [5.41, 5.74) is 0. The first kappa shape index (κ1) is 17.3. The molecule has 0 aliphatic heterocycles. The molecule has 0 aliphatic rings. The molecule has 0 saturated carbocycles. The molecule has 0 spiro atoms. The normalized spacial score (nSPS) is 12.4. The first-order valence-electron chi connectivity index (χ1n) is 6.22. The van der Waals surface area contributed by atoms with Crippen LogP contribution in [0.25, 0.3) is 0 Å². The van der Waals surface area contributed by atoms with Crippen molar-refractivity contribution in [2.24, 2.45) is 0 Å². The highest BCUT2D eigenvalue weighted by Crippen LogP contribution is 2.18. The van der Waals surface area contributed by atoms with Gasteiger partial charge in [0.15, 0.2) is 0 Å². The molecule has 17 heavy (non-hydrogen) atoms.